The Balaban J connectivity index is 1.66. The summed E-state index contributed by atoms with van der Waals surface area (Å²) in [6, 6.07) is 12.2. The summed E-state index contributed by atoms with van der Waals surface area (Å²) in [5.74, 6) is 0.493. The van der Waals surface area contributed by atoms with Crippen molar-refractivity contribution in [2.75, 3.05) is 38.8 Å². The predicted molar refractivity (Wildman–Crippen MR) is 174 cm³/mol. The van der Waals surface area contributed by atoms with Crippen molar-refractivity contribution in [3.63, 3.8) is 0 Å². The zero-order valence-electron chi connectivity index (χ0n) is 26.9. The highest BCUT2D eigenvalue weighted by Gasteiger charge is 2.20. The van der Waals surface area contributed by atoms with Crippen LogP contribution in [-0.4, -0.2) is 73.4 Å². The Bertz CT molecular complexity index is 1600. The third-order valence-corrected chi connectivity index (χ3v) is 8.57. The highest BCUT2D eigenvalue weighted by molar-refractivity contribution is 6.76. The zero-order valence-corrected chi connectivity index (χ0v) is 27.9. The predicted octanol–water partition coefficient (Wildman–Crippen LogP) is 6.58. The van der Waals surface area contributed by atoms with Crippen LogP contribution >= 0.6 is 0 Å². The van der Waals surface area contributed by atoms with Crippen LogP contribution in [0.1, 0.15) is 20.8 Å². The Kier molecular flexibility index (Phi) is 10.3. The number of ether oxygens (including phenoxy) is 3. The molecule has 0 aliphatic carbocycles. The Morgan fingerprint density at radius 2 is 1.82 bits per heavy atom. The summed E-state index contributed by atoms with van der Waals surface area (Å²) in [5, 5.41) is 8.56. The minimum Gasteiger partial charge on any atom is -0.496 e. The van der Waals surface area contributed by atoms with E-state index in [4.69, 9.17) is 19.3 Å². The maximum atomic E-state index is 15.0. The number of hydrogen-bond donors (Lipinski definition) is 1. The van der Waals surface area contributed by atoms with Crippen molar-refractivity contribution in [1.82, 2.24) is 25.1 Å². The number of anilines is 1. The summed E-state index contributed by atoms with van der Waals surface area (Å²) in [6.45, 7) is 14.3. The van der Waals surface area contributed by atoms with Crippen molar-refractivity contribution in [2.24, 2.45) is 0 Å². The van der Waals surface area contributed by atoms with Crippen LogP contribution in [0.15, 0.2) is 48.8 Å². The molecule has 0 spiro atoms. The number of fused-ring (bicyclic) bond motifs is 1. The Morgan fingerprint density at radius 1 is 1.07 bits per heavy atom. The number of nitrogens with zero attached hydrogens (tertiary/aromatic N) is 5. The van der Waals surface area contributed by atoms with Gasteiger partial charge in [0, 0.05) is 58.2 Å². The van der Waals surface area contributed by atoms with Gasteiger partial charge >= 0.3 is 6.09 Å². The van der Waals surface area contributed by atoms with E-state index < -0.39 is 25.7 Å². The molecule has 1 amide bonds. The molecule has 0 saturated carbocycles. The van der Waals surface area contributed by atoms with Crippen molar-refractivity contribution in [3.05, 3.63) is 54.7 Å². The zero-order chi connectivity index (χ0) is 32.1. The summed E-state index contributed by atoms with van der Waals surface area (Å²) in [4.78, 5) is 22.4. The SMILES string of the molecule is COc1ccnc(F)c1-c1ccc2c(c1)c(-c1ccnc(N(C)CCNC(=O)OC(C)(C)C)c1)nn2COCC[Si](C)(C)C. The number of carbonyl (C=O) groups is 1. The van der Waals surface area contributed by atoms with Crippen LogP contribution in [0, 0.1) is 5.95 Å². The summed E-state index contributed by atoms with van der Waals surface area (Å²) >= 11 is 0. The van der Waals surface area contributed by atoms with Gasteiger partial charge in [0.15, 0.2) is 0 Å². The second-order valence-corrected chi connectivity index (χ2v) is 18.5. The van der Waals surface area contributed by atoms with E-state index >= 15 is 0 Å². The molecular formula is C32H43FN6O4Si. The monoisotopic (exact) mass is 622 g/mol. The van der Waals surface area contributed by atoms with Crippen molar-refractivity contribution in [1.29, 1.82) is 0 Å². The first-order valence-electron chi connectivity index (χ1n) is 14.7. The number of amides is 1. The fraction of sp³-hybridized carbons (Fsp3) is 0.438. The molecule has 4 aromatic rings. The second-order valence-electron chi connectivity index (χ2n) is 12.9. The summed E-state index contributed by atoms with van der Waals surface area (Å²) < 4.78 is 33.6. The third kappa shape index (κ3) is 8.54. The normalized spacial score (nSPS) is 11.9. The number of likely N-dealkylation sites (N-methyl/N-ethyl adjacent to an activating group) is 1. The lowest BCUT2D eigenvalue weighted by Gasteiger charge is -2.21. The van der Waals surface area contributed by atoms with Gasteiger partial charge in [-0.2, -0.15) is 9.49 Å². The van der Waals surface area contributed by atoms with Crippen molar-refractivity contribution < 1.29 is 23.4 Å². The van der Waals surface area contributed by atoms with Gasteiger partial charge in [0.2, 0.25) is 5.95 Å². The van der Waals surface area contributed by atoms with E-state index in [0.29, 0.717) is 49.3 Å². The molecule has 10 nitrogen and oxygen atoms in total. The van der Waals surface area contributed by atoms with E-state index in [1.54, 1.807) is 12.3 Å². The lowest BCUT2D eigenvalue weighted by atomic mass is 10.0. The fourth-order valence-electron chi connectivity index (χ4n) is 4.56. The van der Waals surface area contributed by atoms with Gasteiger partial charge in [-0.3, -0.25) is 0 Å². The van der Waals surface area contributed by atoms with Crippen LogP contribution in [0.4, 0.5) is 15.0 Å². The van der Waals surface area contributed by atoms with Crippen LogP contribution in [-0.2, 0) is 16.2 Å². The smallest absolute Gasteiger partial charge is 0.407 e. The van der Waals surface area contributed by atoms with Gasteiger partial charge in [0.1, 0.15) is 29.6 Å². The molecule has 0 unspecified atom stereocenters. The van der Waals surface area contributed by atoms with Gasteiger partial charge in [-0.05, 0) is 62.7 Å². The molecule has 0 fully saturated rings. The lowest BCUT2D eigenvalue weighted by molar-refractivity contribution is 0.0529. The molecule has 0 bridgehead atoms. The average molecular weight is 623 g/mol. The molecule has 12 heteroatoms. The van der Waals surface area contributed by atoms with Crippen LogP contribution in [0.3, 0.4) is 0 Å². The van der Waals surface area contributed by atoms with Gasteiger partial charge in [-0.1, -0.05) is 25.7 Å². The number of hydrogen-bond acceptors (Lipinski definition) is 8. The van der Waals surface area contributed by atoms with Gasteiger partial charge < -0.3 is 24.4 Å². The number of benzene rings is 1. The van der Waals surface area contributed by atoms with E-state index in [1.165, 1.54) is 13.3 Å². The van der Waals surface area contributed by atoms with E-state index in [-0.39, 0.29) is 5.56 Å². The van der Waals surface area contributed by atoms with Crippen molar-refractivity contribution in [3.8, 4) is 28.1 Å². The summed E-state index contributed by atoms with van der Waals surface area (Å²) in [5.41, 5.74) is 2.75. The number of pyridine rings is 2. The molecule has 1 N–H and O–H groups in total. The molecule has 3 aromatic heterocycles. The molecular weight excluding hydrogens is 579 g/mol. The van der Waals surface area contributed by atoms with E-state index in [1.807, 2.05) is 67.7 Å². The lowest BCUT2D eigenvalue weighted by Crippen LogP contribution is -2.37. The van der Waals surface area contributed by atoms with Gasteiger partial charge in [-0.15, -0.1) is 0 Å². The fourth-order valence-corrected chi connectivity index (χ4v) is 5.31. The van der Waals surface area contributed by atoms with Crippen molar-refractivity contribution in [2.45, 2.75) is 58.8 Å². The molecule has 0 atom stereocenters. The molecule has 0 aliphatic rings. The number of carbonyl (C=O) groups excluding carboxylic acids is 1. The first kappa shape index (κ1) is 32.9. The van der Waals surface area contributed by atoms with E-state index in [2.05, 4.69) is 34.9 Å². The maximum absolute atomic E-state index is 15.0. The molecule has 0 aliphatic heterocycles. The van der Waals surface area contributed by atoms with E-state index in [9.17, 15) is 9.18 Å². The second kappa shape index (κ2) is 13.7. The maximum Gasteiger partial charge on any atom is 0.407 e. The van der Waals surface area contributed by atoms with Crippen LogP contribution in [0.25, 0.3) is 33.3 Å². The molecule has 0 radical (unpaired) electrons. The van der Waals surface area contributed by atoms with Crippen molar-refractivity contribution >= 4 is 30.9 Å². The molecule has 4 rings (SSSR count). The molecule has 44 heavy (non-hydrogen) atoms. The summed E-state index contributed by atoms with van der Waals surface area (Å²) in [6.07, 6.45) is 2.65. The third-order valence-electron chi connectivity index (χ3n) is 6.86. The first-order chi connectivity index (χ1) is 20.8. The largest absolute Gasteiger partial charge is 0.496 e. The highest BCUT2D eigenvalue weighted by atomic mass is 28.3. The topological polar surface area (TPSA) is 104 Å². The molecule has 0 saturated heterocycles. The summed E-state index contributed by atoms with van der Waals surface area (Å²) in [7, 11) is 2.16. The van der Waals surface area contributed by atoms with Gasteiger partial charge in [0.25, 0.3) is 0 Å². The van der Waals surface area contributed by atoms with Crippen LogP contribution in [0.5, 0.6) is 5.75 Å². The number of alkyl carbamates (subject to hydrolysis) is 1. The molecule has 1 aromatic carbocycles. The number of aromatic nitrogens is 4. The van der Waals surface area contributed by atoms with E-state index in [0.717, 1.165) is 22.5 Å². The Morgan fingerprint density at radius 3 is 2.52 bits per heavy atom. The highest BCUT2D eigenvalue weighted by Crippen LogP contribution is 2.36. The number of nitrogens with one attached hydrogen (secondary N) is 1. The minimum absolute atomic E-state index is 0.287. The van der Waals surface area contributed by atoms with Crippen LogP contribution in [0.2, 0.25) is 25.7 Å². The van der Waals surface area contributed by atoms with Gasteiger partial charge in [0.05, 0.1) is 18.2 Å². The first-order valence-corrected chi connectivity index (χ1v) is 18.4. The molecule has 236 valence electrons. The quantitative estimate of drug-likeness (QED) is 0.107. The standard InChI is InChI=1S/C32H43FN6O4Si/c1-32(2,3)43-31(40)36-15-16-38(4)27-20-23(11-13-34-27)29-24-19-22(28-26(41-5)12-14-35-30(28)33)9-10-25(24)39(37-29)21-42-17-18-44(6,7)8/h9-14,19-20H,15-18,21H2,1-8H3,(H,36,40). The van der Waals surface area contributed by atoms with Gasteiger partial charge in [-0.25, -0.2) is 19.4 Å². The Hall–Kier alpha value is -4.03. The number of rotatable bonds is 12. The van der Waals surface area contributed by atoms with Crippen LogP contribution < -0.4 is 15.0 Å². The minimum atomic E-state index is -1.25. The molecule has 3 heterocycles. The number of halogens is 1. The Labute approximate surface area is 259 Å². The average Bonchev–Trinajstić information content (AvgIpc) is 3.31. The number of methoxy groups -OCH3 is 1.